The van der Waals surface area contributed by atoms with Gasteiger partial charge in [0.05, 0.1) is 10.5 Å². The van der Waals surface area contributed by atoms with Crippen molar-refractivity contribution in [3.05, 3.63) is 29.8 Å². The number of carbonyl (C=O) groups is 1. The van der Waals surface area contributed by atoms with E-state index in [0.29, 0.717) is 0 Å². The van der Waals surface area contributed by atoms with Crippen LogP contribution in [0.1, 0.15) is 10.4 Å². The van der Waals surface area contributed by atoms with Crippen molar-refractivity contribution >= 4 is 67.5 Å². The van der Waals surface area contributed by atoms with E-state index in [1.165, 1.54) is 0 Å². The third-order valence-corrected chi connectivity index (χ3v) is 2.34. The summed E-state index contributed by atoms with van der Waals surface area (Å²) < 4.78 is 29.7. The van der Waals surface area contributed by atoms with Crippen LogP contribution in [0.4, 0.5) is 0 Å². The van der Waals surface area contributed by atoms with E-state index in [4.69, 9.17) is 9.81 Å². The molecule has 0 unspecified atom stereocenters. The van der Waals surface area contributed by atoms with E-state index >= 15 is 0 Å². The van der Waals surface area contributed by atoms with E-state index in [9.17, 15) is 13.2 Å². The summed E-state index contributed by atoms with van der Waals surface area (Å²) in [7, 11) is -4.27. The molecule has 0 spiro atoms. The van der Waals surface area contributed by atoms with Crippen LogP contribution in [0.5, 0.6) is 0 Å². The van der Waals surface area contributed by atoms with Gasteiger partial charge in [0, 0.05) is 51.4 Å². The summed E-state index contributed by atoms with van der Waals surface area (Å²) in [5.41, 5.74) is -0.0279. The minimum Gasteiger partial charge on any atom is -0.296 e. The molecule has 1 radical (unpaired) electrons. The summed E-state index contributed by atoms with van der Waals surface area (Å²) in [6, 6.07) is 4.23. The van der Waals surface area contributed by atoms with Gasteiger partial charge in [0.2, 0.25) is 0 Å². The maximum atomic E-state index is 10.7. The second kappa shape index (κ2) is 6.06. The monoisotopic (exact) mass is 257 g/mol. The van der Waals surface area contributed by atoms with Gasteiger partial charge in [0.1, 0.15) is 0 Å². The largest absolute Gasteiger partial charge is 0.372 e. The van der Waals surface area contributed by atoms with Crippen LogP contribution < -0.4 is 0 Å². The van der Waals surface area contributed by atoms with Gasteiger partial charge in [0.25, 0.3) is 10.1 Å². The Morgan fingerprint density at radius 1 is 1.20 bits per heavy atom. The normalized spacial score (nSPS) is 10.3. The number of carbonyl (C=O) groups excluding carboxylic acids is 1. The van der Waals surface area contributed by atoms with Gasteiger partial charge >= 0.3 is 5.97 Å². The standard InChI is InChI=1S/C7H6O6S.K/c8-7(13-9)5-1-3-6(4-2-5)14(10,11)12;/h1-4,9H,(H,10,11,12);. The van der Waals surface area contributed by atoms with E-state index in [2.05, 4.69) is 4.89 Å². The van der Waals surface area contributed by atoms with Crippen molar-refractivity contribution in [1.29, 1.82) is 0 Å². The molecule has 0 amide bonds. The molecule has 1 aromatic carbocycles. The predicted octanol–water partition coefficient (Wildman–Crippen LogP) is 0.182. The molecular weight excluding hydrogens is 251 g/mol. The zero-order valence-corrected chi connectivity index (χ0v) is 11.7. The van der Waals surface area contributed by atoms with Crippen LogP contribution in [-0.2, 0) is 15.0 Å². The molecule has 0 aliphatic heterocycles. The van der Waals surface area contributed by atoms with Gasteiger partial charge in [0.15, 0.2) is 0 Å². The van der Waals surface area contributed by atoms with Crippen molar-refractivity contribution in [1.82, 2.24) is 0 Å². The molecule has 0 aliphatic carbocycles. The third-order valence-electron chi connectivity index (χ3n) is 1.47. The topological polar surface area (TPSA) is 101 Å². The quantitative estimate of drug-likeness (QED) is 0.339. The number of rotatable bonds is 2. The first kappa shape index (κ1) is 15.2. The minimum absolute atomic E-state index is 0. The Bertz CT molecular complexity index is 437. The Morgan fingerprint density at radius 3 is 2.00 bits per heavy atom. The van der Waals surface area contributed by atoms with Crippen molar-refractivity contribution in [2.75, 3.05) is 0 Å². The molecule has 6 nitrogen and oxygen atoms in total. The maximum absolute atomic E-state index is 10.7. The summed E-state index contributed by atoms with van der Waals surface area (Å²) in [4.78, 5) is 13.8. The molecule has 0 saturated carbocycles. The number of hydrogen-bond acceptors (Lipinski definition) is 5. The molecule has 0 atom stereocenters. The fraction of sp³-hybridized carbons (Fsp3) is 0. The van der Waals surface area contributed by atoms with Crippen molar-refractivity contribution in [2.24, 2.45) is 0 Å². The van der Waals surface area contributed by atoms with E-state index < -0.39 is 16.1 Å². The fourth-order valence-corrected chi connectivity index (χ4v) is 1.30. The molecular formula is C7H6KO6S. The van der Waals surface area contributed by atoms with Crippen LogP contribution in [0.2, 0.25) is 0 Å². The van der Waals surface area contributed by atoms with Gasteiger partial charge < -0.3 is 0 Å². The summed E-state index contributed by atoms with van der Waals surface area (Å²) in [6.07, 6.45) is 0. The summed E-state index contributed by atoms with van der Waals surface area (Å²) in [5.74, 6) is -1.01. The SMILES string of the molecule is O=C(OO)c1ccc(S(=O)(=O)O)cc1.[K]. The van der Waals surface area contributed by atoms with Crippen LogP contribution in [0, 0.1) is 0 Å². The molecule has 15 heavy (non-hydrogen) atoms. The van der Waals surface area contributed by atoms with Gasteiger partial charge in [-0.15, -0.1) is 0 Å². The van der Waals surface area contributed by atoms with E-state index in [1.54, 1.807) is 0 Å². The Labute approximate surface area is 128 Å². The smallest absolute Gasteiger partial charge is 0.296 e. The van der Waals surface area contributed by atoms with E-state index in [0.717, 1.165) is 24.3 Å². The maximum Gasteiger partial charge on any atom is 0.372 e. The minimum atomic E-state index is -4.27. The van der Waals surface area contributed by atoms with Gasteiger partial charge in [-0.25, -0.2) is 4.79 Å². The molecule has 0 aromatic heterocycles. The third kappa shape index (κ3) is 4.29. The summed E-state index contributed by atoms with van der Waals surface area (Å²) in [6.45, 7) is 0. The average molecular weight is 257 g/mol. The van der Waals surface area contributed by atoms with Gasteiger partial charge in [-0.1, -0.05) is 0 Å². The molecule has 0 aliphatic rings. The van der Waals surface area contributed by atoms with Crippen LogP contribution in [0.25, 0.3) is 0 Å². The first-order chi connectivity index (χ1) is 6.45. The summed E-state index contributed by atoms with van der Waals surface area (Å²) in [5, 5.41) is 8.00. The molecule has 77 valence electrons. The predicted molar refractivity (Wildman–Crippen MR) is 50.1 cm³/mol. The second-order valence-electron chi connectivity index (χ2n) is 2.38. The van der Waals surface area contributed by atoms with Crippen LogP contribution in [0.15, 0.2) is 29.2 Å². The zero-order valence-electron chi connectivity index (χ0n) is 7.75. The van der Waals surface area contributed by atoms with Crippen LogP contribution in [-0.4, -0.2) is 75.6 Å². The zero-order chi connectivity index (χ0) is 10.8. The van der Waals surface area contributed by atoms with Gasteiger partial charge in [-0.05, 0) is 24.3 Å². The number of benzene rings is 1. The molecule has 0 bridgehead atoms. The second-order valence-corrected chi connectivity index (χ2v) is 3.80. The Balaban J connectivity index is 0.00000196. The molecule has 2 N–H and O–H groups in total. The average Bonchev–Trinajstić information content (AvgIpc) is 2.15. The van der Waals surface area contributed by atoms with Crippen molar-refractivity contribution in [3.8, 4) is 0 Å². The Hall–Kier alpha value is 0.196. The molecule has 1 aromatic rings. The van der Waals surface area contributed by atoms with Crippen LogP contribution in [0.3, 0.4) is 0 Å². The fourth-order valence-electron chi connectivity index (χ4n) is 0.816. The van der Waals surface area contributed by atoms with Crippen LogP contribution >= 0.6 is 0 Å². The molecule has 1 rings (SSSR count). The summed E-state index contributed by atoms with van der Waals surface area (Å²) >= 11 is 0. The van der Waals surface area contributed by atoms with Gasteiger partial charge in [-0.2, -0.15) is 13.7 Å². The number of hydrogen-bond donors (Lipinski definition) is 2. The van der Waals surface area contributed by atoms with Crippen molar-refractivity contribution in [3.63, 3.8) is 0 Å². The molecule has 0 fully saturated rings. The molecule has 0 heterocycles. The van der Waals surface area contributed by atoms with Crippen molar-refractivity contribution in [2.45, 2.75) is 4.90 Å². The van der Waals surface area contributed by atoms with E-state index in [-0.39, 0.29) is 61.8 Å². The van der Waals surface area contributed by atoms with Gasteiger partial charge in [-0.3, -0.25) is 9.44 Å². The van der Waals surface area contributed by atoms with Crippen molar-refractivity contribution < 1.29 is 27.9 Å². The molecule has 0 saturated heterocycles. The first-order valence-electron chi connectivity index (χ1n) is 3.38. The Kier molecular flexibility index (Phi) is 6.14. The van der Waals surface area contributed by atoms with E-state index in [1.807, 2.05) is 0 Å². The first-order valence-corrected chi connectivity index (χ1v) is 4.82. The molecule has 8 heteroatoms. The Morgan fingerprint density at radius 2 is 1.67 bits per heavy atom.